The Balaban J connectivity index is 1.63. The van der Waals surface area contributed by atoms with Crippen LogP contribution in [0.3, 0.4) is 0 Å². The Morgan fingerprint density at radius 3 is 2.57 bits per heavy atom. The first-order valence-electron chi connectivity index (χ1n) is 9.09. The van der Waals surface area contributed by atoms with Crippen LogP contribution in [0, 0.1) is 0 Å². The molecule has 0 fully saturated rings. The van der Waals surface area contributed by atoms with Gasteiger partial charge in [0.25, 0.3) is 5.22 Å². The summed E-state index contributed by atoms with van der Waals surface area (Å²) in [6.07, 6.45) is 3.02. The maximum Gasteiger partial charge on any atom is 0.407 e. The van der Waals surface area contributed by atoms with Gasteiger partial charge in [0.2, 0.25) is 5.89 Å². The second-order valence-corrected chi connectivity index (χ2v) is 8.93. The molecular formula is C19H25Cl2N3O3S. The largest absolute Gasteiger partial charge is 0.444 e. The number of unbranched alkanes of at least 4 members (excludes halogenated alkanes) is 2. The van der Waals surface area contributed by atoms with Gasteiger partial charge in [-0.1, -0.05) is 47.5 Å². The Kier molecular flexibility index (Phi) is 8.92. The lowest BCUT2D eigenvalue weighted by Gasteiger charge is -2.19. The predicted molar refractivity (Wildman–Crippen MR) is 112 cm³/mol. The highest BCUT2D eigenvalue weighted by molar-refractivity contribution is 7.98. The molecule has 0 aliphatic carbocycles. The van der Waals surface area contributed by atoms with Gasteiger partial charge < -0.3 is 14.5 Å². The number of alkyl carbamates (subject to hydrolysis) is 1. The molecular weight excluding hydrogens is 421 g/mol. The monoisotopic (exact) mass is 445 g/mol. The SMILES string of the molecule is CC(C)(C)OC(=O)NCCCCCc1nnc(SCc2c(Cl)cccc2Cl)o1. The van der Waals surface area contributed by atoms with Crippen LogP contribution in [0.4, 0.5) is 4.79 Å². The number of nitrogens with one attached hydrogen (secondary N) is 1. The molecule has 0 bridgehead atoms. The molecule has 1 heterocycles. The van der Waals surface area contributed by atoms with Crippen molar-refractivity contribution in [3.05, 3.63) is 39.7 Å². The Labute approximate surface area is 179 Å². The molecule has 9 heteroatoms. The van der Waals surface area contributed by atoms with Crippen LogP contribution in [0.1, 0.15) is 51.5 Å². The van der Waals surface area contributed by atoms with Crippen molar-refractivity contribution in [3.63, 3.8) is 0 Å². The minimum atomic E-state index is -0.477. The van der Waals surface area contributed by atoms with Crippen molar-refractivity contribution in [1.82, 2.24) is 15.5 Å². The second kappa shape index (κ2) is 10.9. The summed E-state index contributed by atoms with van der Waals surface area (Å²) >= 11 is 13.7. The molecule has 1 aromatic heterocycles. The first-order chi connectivity index (χ1) is 13.2. The number of carbonyl (C=O) groups excluding carboxylic acids is 1. The summed E-state index contributed by atoms with van der Waals surface area (Å²) in [7, 11) is 0. The highest BCUT2D eigenvalue weighted by Crippen LogP contribution is 2.31. The Morgan fingerprint density at radius 2 is 1.89 bits per heavy atom. The standard InChI is InChI=1S/C19H25Cl2N3O3S/c1-19(2,3)27-17(25)22-11-6-4-5-10-16-23-24-18(26-16)28-12-13-14(20)8-7-9-15(13)21/h7-9H,4-6,10-12H2,1-3H3,(H,22,25). The number of nitrogens with zero attached hydrogens (tertiary/aromatic N) is 2. The van der Waals surface area contributed by atoms with Crippen molar-refractivity contribution in [2.24, 2.45) is 0 Å². The normalized spacial score (nSPS) is 11.5. The molecule has 6 nitrogen and oxygen atoms in total. The summed E-state index contributed by atoms with van der Waals surface area (Å²) in [5.74, 6) is 1.17. The third-order valence-corrected chi connectivity index (χ3v) is 5.14. The lowest BCUT2D eigenvalue weighted by atomic mass is 10.2. The van der Waals surface area contributed by atoms with E-state index < -0.39 is 5.60 Å². The molecule has 2 aromatic rings. The van der Waals surface area contributed by atoms with Crippen molar-refractivity contribution >= 4 is 41.1 Å². The predicted octanol–water partition coefficient (Wildman–Crippen LogP) is 5.91. The molecule has 0 unspecified atom stereocenters. The number of hydrogen-bond acceptors (Lipinski definition) is 6. The molecule has 0 radical (unpaired) electrons. The van der Waals surface area contributed by atoms with E-state index in [0.29, 0.717) is 39.9 Å². The number of rotatable bonds is 9. The number of halogens is 2. The van der Waals surface area contributed by atoms with E-state index in [1.807, 2.05) is 26.8 Å². The van der Waals surface area contributed by atoms with Crippen molar-refractivity contribution in [2.45, 2.75) is 63.0 Å². The fourth-order valence-electron chi connectivity index (χ4n) is 2.28. The Bertz CT molecular complexity index is 758. The fraction of sp³-hybridized carbons (Fsp3) is 0.526. The van der Waals surface area contributed by atoms with Crippen molar-refractivity contribution < 1.29 is 13.9 Å². The van der Waals surface area contributed by atoms with Crippen LogP contribution in [0.25, 0.3) is 0 Å². The molecule has 0 aliphatic rings. The van der Waals surface area contributed by atoms with E-state index >= 15 is 0 Å². The summed E-state index contributed by atoms with van der Waals surface area (Å²) < 4.78 is 10.8. The second-order valence-electron chi connectivity index (χ2n) is 7.19. The van der Waals surface area contributed by atoms with Gasteiger partial charge in [-0.05, 0) is 51.3 Å². The zero-order valence-electron chi connectivity index (χ0n) is 16.3. The minimum absolute atomic E-state index is 0.385. The van der Waals surface area contributed by atoms with Gasteiger partial charge in [0.15, 0.2) is 0 Å². The van der Waals surface area contributed by atoms with Gasteiger partial charge in [-0.3, -0.25) is 0 Å². The van der Waals surface area contributed by atoms with Crippen LogP contribution in [0.2, 0.25) is 10.0 Å². The molecule has 1 aromatic carbocycles. The molecule has 0 atom stereocenters. The van der Waals surface area contributed by atoms with Gasteiger partial charge in [0.05, 0.1) is 0 Å². The summed E-state index contributed by atoms with van der Waals surface area (Å²) in [6, 6.07) is 5.42. The van der Waals surface area contributed by atoms with Crippen LogP contribution in [-0.2, 0) is 16.9 Å². The molecule has 0 saturated heterocycles. The highest BCUT2D eigenvalue weighted by Gasteiger charge is 2.15. The molecule has 28 heavy (non-hydrogen) atoms. The van der Waals surface area contributed by atoms with Crippen molar-refractivity contribution in [2.75, 3.05) is 6.54 Å². The number of carbonyl (C=O) groups is 1. The van der Waals surface area contributed by atoms with E-state index in [-0.39, 0.29) is 6.09 Å². The molecule has 154 valence electrons. The molecule has 0 spiro atoms. The van der Waals surface area contributed by atoms with Gasteiger partial charge in [0.1, 0.15) is 5.60 Å². The van der Waals surface area contributed by atoms with Gasteiger partial charge in [0, 0.05) is 28.8 Å². The first-order valence-corrected chi connectivity index (χ1v) is 10.8. The van der Waals surface area contributed by atoms with Gasteiger partial charge in [-0.2, -0.15) is 0 Å². The van der Waals surface area contributed by atoms with E-state index in [1.54, 1.807) is 12.1 Å². The summed E-state index contributed by atoms with van der Waals surface area (Å²) in [4.78, 5) is 11.5. The van der Waals surface area contributed by atoms with Crippen molar-refractivity contribution in [3.8, 4) is 0 Å². The van der Waals surface area contributed by atoms with E-state index in [0.717, 1.165) is 24.8 Å². The average molecular weight is 446 g/mol. The molecule has 1 N–H and O–H groups in total. The Hall–Kier alpha value is -1.44. The van der Waals surface area contributed by atoms with Crippen LogP contribution in [0.5, 0.6) is 0 Å². The number of benzene rings is 1. The third-order valence-electron chi connectivity index (χ3n) is 3.59. The van der Waals surface area contributed by atoms with E-state index in [4.69, 9.17) is 32.4 Å². The topological polar surface area (TPSA) is 77.2 Å². The van der Waals surface area contributed by atoms with Gasteiger partial charge >= 0.3 is 6.09 Å². The number of aryl methyl sites for hydroxylation is 1. The number of hydrogen-bond donors (Lipinski definition) is 1. The third kappa shape index (κ3) is 8.29. The zero-order valence-corrected chi connectivity index (χ0v) is 18.6. The van der Waals surface area contributed by atoms with E-state index in [1.165, 1.54) is 11.8 Å². The molecule has 0 aliphatic heterocycles. The number of amides is 1. The first kappa shape index (κ1) is 22.8. The van der Waals surface area contributed by atoms with Crippen LogP contribution < -0.4 is 5.32 Å². The maximum absolute atomic E-state index is 11.5. The summed E-state index contributed by atoms with van der Waals surface area (Å²) in [5.41, 5.74) is 0.377. The smallest absolute Gasteiger partial charge is 0.407 e. The van der Waals surface area contributed by atoms with Crippen molar-refractivity contribution in [1.29, 1.82) is 0 Å². The maximum atomic E-state index is 11.5. The average Bonchev–Trinajstić information content (AvgIpc) is 3.04. The van der Waals surface area contributed by atoms with Gasteiger partial charge in [-0.25, -0.2) is 4.79 Å². The summed E-state index contributed by atoms with van der Waals surface area (Å²) in [6.45, 7) is 6.10. The van der Waals surface area contributed by atoms with E-state index in [2.05, 4.69) is 15.5 Å². The van der Waals surface area contributed by atoms with Gasteiger partial charge in [-0.15, -0.1) is 10.2 Å². The van der Waals surface area contributed by atoms with E-state index in [9.17, 15) is 4.79 Å². The Morgan fingerprint density at radius 1 is 1.18 bits per heavy atom. The number of thioether (sulfide) groups is 1. The lowest BCUT2D eigenvalue weighted by molar-refractivity contribution is 0.0527. The number of ether oxygens (including phenoxy) is 1. The quantitative estimate of drug-likeness (QED) is 0.381. The number of aromatic nitrogens is 2. The molecule has 1 amide bonds. The van der Waals surface area contributed by atoms with Crippen LogP contribution >= 0.6 is 35.0 Å². The lowest BCUT2D eigenvalue weighted by Crippen LogP contribution is -2.32. The highest BCUT2D eigenvalue weighted by atomic mass is 35.5. The summed E-state index contributed by atoms with van der Waals surface area (Å²) in [5, 5.41) is 12.6. The molecule has 0 saturated carbocycles. The molecule has 2 rings (SSSR count). The van der Waals surface area contributed by atoms with Crippen LogP contribution in [-0.4, -0.2) is 28.4 Å². The minimum Gasteiger partial charge on any atom is -0.444 e. The van der Waals surface area contributed by atoms with Crippen LogP contribution in [0.15, 0.2) is 27.8 Å². The zero-order chi connectivity index (χ0) is 20.6. The fourth-order valence-corrected chi connectivity index (χ4v) is 3.81.